The Labute approximate surface area is 144 Å². The Balaban J connectivity index is 1.75. The highest BCUT2D eigenvalue weighted by molar-refractivity contribution is 7.94. The van der Waals surface area contributed by atoms with Crippen molar-refractivity contribution >= 4 is 12.0 Å². The topological polar surface area (TPSA) is 30.9 Å². The lowest BCUT2D eigenvalue weighted by Crippen LogP contribution is -2.44. The molecule has 1 aliphatic rings. The molecule has 1 aromatic carbocycles. The number of morpholine rings is 1. The zero-order chi connectivity index (χ0) is 16.9. The normalized spacial score (nSPS) is 18.8. The zero-order valence-corrected chi connectivity index (χ0v) is 15.3. The minimum absolute atomic E-state index is 0.0296. The van der Waals surface area contributed by atoms with Crippen molar-refractivity contribution in [1.82, 2.24) is 4.90 Å². The first-order valence-corrected chi connectivity index (χ1v) is 8.68. The van der Waals surface area contributed by atoms with Gasteiger partial charge in [0.25, 0.3) is 0 Å². The molecule has 0 spiro atoms. The molecule has 1 aromatic rings. The highest BCUT2D eigenvalue weighted by Gasteiger charge is 2.24. The predicted octanol–water partition coefficient (Wildman–Crippen LogP) is 4.01. The van der Waals surface area contributed by atoms with Crippen LogP contribution >= 0.6 is 12.0 Å². The molecule has 1 aliphatic heterocycles. The van der Waals surface area contributed by atoms with Gasteiger partial charge in [-0.1, -0.05) is 17.7 Å². The summed E-state index contributed by atoms with van der Waals surface area (Å²) in [4.78, 5) is 3.23. The van der Waals surface area contributed by atoms with Crippen LogP contribution in [0.15, 0.2) is 41.6 Å². The number of hydrogen-bond acceptors (Lipinski definition) is 5. The Morgan fingerprint density at radius 2 is 2.04 bits per heavy atom. The van der Waals surface area contributed by atoms with Crippen LogP contribution < -0.4 is 0 Å². The van der Waals surface area contributed by atoms with Gasteiger partial charge in [-0.15, -0.1) is 0 Å². The second kappa shape index (κ2) is 8.08. The van der Waals surface area contributed by atoms with Crippen molar-refractivity contribution < 1.29 is 13.7 Å². The van der Waals surface area contributed by atoms with Gasteiger partial charge in [-0.25, -0.2) is 0 Å². The Hall–Kier alpha value is -1.17. The molecule has 0 aliphatic carbocycles. The molecule has 0 radical (unpaired) electrons. The van der Waals surface area contributed by atoms with E-state index in [4.69, 9.17) is 13.7 Å². The Morgan fingerprint density at radius 3 is 2.70 bits per heavy atom. The van der Waals surface area contributed by atoms with Crippen LogP contribution in [0, 0.1) is 6.92 Å². The maximum atomic E-state index is 5.84. The van der Waals surface area contributed by atoms with Crippen molar-refractivity contribution in [2.75, 3.05) is 26.3 Å². The van der Waals surface area contributed by atoms with E-state index in [1.165, 1.54) is 17.6 Å². The first kappa shape index (κ1) is 18.2. The van der Waals surface area contributed by atoms with Gasteiger partial charge in [-0.05, 0) is 46.4 Å². The fraction of sp³-hybridized carbons (Fsp3) is 0.556. The third-order valence-corrected chi connectivity index (χ3v) is 4.06. The summed E-state index contributed by atoms with van der Waals surface area (Å²) in [5.74, 6) is 0.706. The molecular formula is C18H27NO3S. The summed E-state index contributed by atoms with van der Waals surface area (Å²) in [5, 5.41) is 0. The van der Waals surface area contributed by atoms with Crippen LogP contribution in [0.5, 0.6) is 0 Å². The molecule has 1 saturated heterocycles. The highest BCUT2D eigenvalue weighted by atomic mass is 32.2. The molecule has 23 heavy (non-hydrogen) atoms. The largest absolute Gasteiger partial charge is 0.474 e. The Kier molecular flexibility index (Phi) is 6.39. The van der Waals surface area contributed by atoms with Crippen molar-refractivity contribution in [3.8, 4) is 0 Å². The van der Waals surface area contributed by atoms with Crippen molar-refractivity contribution in [2.45, 2.75) is 44.3 Å². The van der Waals surface area contributed by atoms with E-state index in [0.29, 0.717) is 19.1 Å². The number of rotatable bonds is 6. The van der Waals surface area contributed by atoms with Crippen molar-refractivity contribution in [3.63, 3.8) is 0 Å². The summed E-state index contributed by atoms with van der Waals surface area (Å²) < 4.78 is 17.3. The fourth-order valence-corrected chi connectivity index (χ4v) is 2.84. The van der Waals surface area contributed by atoms with Crippen LogP contribution in [0.3, 0.4) is 0 Å². The minimum Gasteiger partial charge on any atom is -0.474 e. The SMILES string of the molecule is C=C(OC(C)(C)C)N1CCO[C@H](COSc2ccc(C)cc2)C1. The lowest BCUT2D eigenvalue weighted by molar-refractivity contribution is -0.0718. The van der Waals surface area contributed by atoms with Crippen molar-refractivity contribution in [1.29, 1.82) is 0 Å². The van der Waals surface area contributed by atoms with E-state index in [0.717, 1.165) is 18.0 Å². The molecule has 128 valence electrons. The van der Waals surface area contributed by atoms with Gasteiger partial charge in [0.1, 0.15) is 5.60 Å². The summed E-state index contributed by atoms with van der Waals surface area (Å²) in [7, 11) is 0. The molecule has 2 rings (SSSR count). The molecule has 1 atom stereocenters. The molecule has 1 fully saturated rings. The molecular weight excluding hydrogens is 310 g/mol. The van der Waals surface area contributed by atoms with E-state index in [9.17, 15) is 0 Å². The van der Waals surface area contributed by atoms with E-state index in [1.54, 1.807) is 0 Å². The summed E-state index contributed by atoms with van der Waals surface area (Å²) in [5.41, 5.74) is 1.01. The predicted molar refractivity (Wildman–Crippen MR) is 94.3 cm³/mol. The standard InChI is InChI=1S/C18H27NO3S/c1-14-6-8-17(9-7-14)23-21-13-16-12-19(10-11-20-16)15(2)22-18(3,4)5/h6-9,16H,2,10-13H2,1,3-5H3/t16-/m0/s1. The molecule has 0 unspecified atom stereocenters. The molecule has 0 amide bonds. The second-order valence-corrected chi connectivity index (χ2v) is 7.60. The van der Waals surface area contributed by atoms with Crippen LogP contribution in [-0.4, -0.2) is 42.9 Å². The van der Waals surface area contributed by atoms with Crippen molar-refractivity contribution in [3.05, 3.63) is 42.3 Å². The first-order chi connectivity index (χ1) is 10.8. The van der Waals surface area contributed by atoms with Gasteiger partial charge in [0.2, 0.25) is 0 Å². The van der Waals surface area contributed by atoms with E-state index in [-0.39, 0.29) is 11.7 Å². The highest BCUT2D eigenvalue weighted by Crippen LogP contribution is 2.22. The van der Waals surface area contributed by atoms with Crippen LogP contribution in [0.4, 0.5) is 0 Å². The van der Waals surface area contributed by atoms with E-state index < -0.39 is 0 Å². The van der Waals surface area contributed by atoms with E-state index in [1.807, 2.05) is 20.8 Å². The maximum absolute atomic E-state index is 5.84. The summed E-state index contributed by atoms with van der Waals surface area (Å²) >= 11 is 1.39. The number of nitrogens with zero attached hydrogens (tertiary/aromatic N) is 1. The smallest absolute Gasteiger partial charge is 0.182 e. The van der Waals surface area contributed by atoms with Gasteiger partial charge in [0.15, 0.2) is 5.88 Å². The molecule has 0 N–H and O–H groups in total. The summed E-state index contributed by atoms with van der Waals surface area (Å²) in [6.45, 7) is 14.9. The Bertz CT molecular complexity index is 510. The Morgan fingerprint density at radius 1 is 1.35 bits per heavy atom. The molecule has 4 nitrogen and oxygen atoms in total. The van der Waals surface area contributed by atoms with Gasteiger partial charge >= 0.3 is 0 Å². The number of aryl methyl sites for hydroxylation is 1. The number of ether oxygens (including phenoxy) is 2. The van der Waals surface area contributed by atoms with Crippen LogP contribution in [0.2, 0.25) is 0 Å². The first-order valence-electron chi connectivity index (χ1n) is 7.94. The third kappa shape index (κ3) is 6.45. The van der Waals surface area contributed by atoms with Crippen LogP contribution in [0.1, 0.15) is 26.3 Å². The summed E-state index contributed by atoms with van der Waals surface area (Å²) in [6.07, 6.45) is 0.0296. The summed E-state index contributed by atoms with van der Waals surface area (Å²) in [6, 6.07) is 8.29. The average molecular weight is 337 g/mol. The third-order valence-electron chi connectivity index (χ3n) is 3.35. The van der Waals surface area contributed by atoms with Crippen LogP contribution in [-0.2, 0) is 13.7 Å². The molecule has 0 aromatic heterocycles. The minimum atomic E-state index is -0.233. The molecule has 0 saturated carbocycles. The van der Waals surface area contributed by atoms with Crippen LogP contribution in [0.25, 0.3) is 0 Å². The van der Waals surface area contributed by atoms with E-state index >= 15 is 0 Å². The molecule has 0 bridgehead atoms. The zero-order valence-electron chi connectivity index (χ0n) is 14.5. The lowest BCUT2D eigenvalue weighted by Gasteiger charge is -2.37. The molecule has 5 heteroatoms. The van der Waals surface area contributed by atoms with Gasteiger partial charge in [0, 0.05) is 30.0 Å². The fourth-order valence-electron chi connectivity index (χ4n) is 2.24. The van der Waals surface area contributed by atoms with Gasteiger partial charge in [-0.3, -0.25) is 0 Å². The van der Waals surface area contributed by atoms with Gasteiger partial charge in [0.05, 0.1) is 19.3 Å². The van der Waals surface area contributed by atoms with E-state index in [2.05, 4.69) is 42.7 Å². The lowest BCUT2D eigenvalue weighted by atomic mass is 10.2. The maximum Gasteiger partial charge on any atom is 0.182 e. The number of hydrogen-bond donors (Lipinski definition) is 0. The van der Waals surface area contributed by atoms with Gasteiger partial charge in [-0.2, -0.15) is 0 Å². The average Bonchev–Trinajstić information content (AvgIpc) is 2.48. The quantitative estimate of drug-likeness (QED) is 0.578. The molecule has 1 heterocycles. The van der Waals surface area contributed by atoms with Gasteiger partial charge < -0.3 is 18.6 Å². The van der Waals surface area contributed by atoms with Crippen molar-refractivity contribution in [2.24, 2.45) is 0 Å². The second-order valence-electron chi connectivity index (χ2n) is 6.73. The monoisotopic (exact) mass is 337 g/mol. The number of benzene rings is 1.